The number of rotatable bonds is 2. The van der Waals surface area contributed by atoms with Crippen LogP contribution in [0.4, 0.5) is 0 Å². The highest BCUT2D eigenvalue weighted by Crippen LogP contribution is 2.30. The Kier molecular flexibility index (Phi) is 3.53. The molecule has 0 unspecified atom stereocenters. The third-order valence-corrected chi connectivity index (χ3v) is 3.32. The average molecular weight is 198 g/mol. The molecule has 1 aliphatic rings. The molecule has 0 aliphatic carbocycles. The fourth-order valence-electron chi connectivity index (χ4n) is 1.85. The fourth-order valence-corrected chi connectivity index (χ4v) is 1.85. The Hall–Kier alpha value is -0.570. The van der Waals surface area contributed by atoms with Crippen LogP contribution < -0.4 is 5.32 Å². The summed E-state index contributed by atoms with van der Waals surface area (Å²) in [4.78, 5) is 14.0. The molecule has 0 bridgehead atoms. The first-order chi connectivity index (χ1) is 6.47. The molecule has 3 heteroatoms. The van der Waals surface area contributed by atoms with Crippen molar-refractivity contribution < 1.29 is 4.79 Å². The quantitative estimate of drug-likeness (QED) is 0.724. The second kappa shape index (κ2) is 4.30. The van der Waals surface area contributed by atoms with Crippen molar-refractivity contribution in [2.75, 3.05) is 20.1 Å². The number of nitrogens with one attached hydrogen (secondary N) is 1. The van der Waals surface area contributed by atoms with Gasteiger partial charge in [-0.3, -0.25) is 4.79 Å². The maximum absolute atomic E-state index is 12.2. The lowest BCUT2D eigenvalue weighted by atomic mass is 9.79. The highest BCUT2D eigenvalue weighted by atomic mass is 16.2. The lowest BCUT2D eigenvalue weighted by Gasteiger charge is -2.37. The highest BCUT2D eigenvalue weighted by Gasteiger charge is 2.36. The Bertz CT molecular complexity index is 207. The molecular formula is C11H22N2O. The molecule has 0 aromatic carbocycles. The number of amides is 1. The first-order valence-electron chi connectivity index (χ1n) is 5.45. The SMILES string of the molecule is CC(C)N(C)C(=O)C1(C)CCNCC1. The van der Waals surface area contributed by atoms with Crippen LogP contribution in [-0.4, -0.2) is 37.0 Å². The highest BCUT2D eigenvalue weighted by molar-refractivity contribution is 5.82. The van der Waals surface area contributed by atoms with Crippen LogP contribution in [0.1, 0.15) is 33.6 Å². The summed E-state index contributed by atoms with van der Waals surface area (Å²) < 4.78 is 0. The molecule has 82 valence electrons. The number of hydrogen-bond donors (Lipinski definition) is 1. The largest absolute Gasteiger partial charge is 0.343 e. The summed E-state index contributed by atoms with van der Waals surface area (Å²) in [7, 11) is 1.90. The summed E-state index contributed by atoms with van der Waals surface area (Å²) in [5.74, 6) is 0.300. The van der Waals surface area contributed by atoms with Crippen molar-refractivity contribution in [2.45, 2.75) is 39.7 Å². The molecule has 1 fully saturated rings. The van der Waals surface area contributed by atoms with E-state index in [0.29, 0.717) is 11.9 Å². The molecule has 1 rings (SSSR count). The van der Waals surface area contributed by atoms with Gasteiger partial charge in [0.05, 0.1) is 0 Å². The zero-order valence-corrected chi connectivity index (χ0v) is 9.76. The second-order valence-electron chi connectivity index (χ2n) is 4.82. The van der Waals surface area contributed by atoms with Crippen molar-refractivity contribution in [1.29, 1.82) is 0 Å². The topological polar surface area (TPSA) is 32.3 Å². The summed E-state index contributed by atoms with van der Waals surface area (Å²) in [5, 5.41) is 3.29. The molecule has 1 amide bonds. The van der Waals surface area contributed by atoms with E-state index in [-0.39, 0.29) is 5.41 Å². The van der Waals surface area contributed by atoms with Gasteiger partial charge in [-0.15, -0.1) is 0 Å². The Morgan fingerprint density at radius 3 is 2.29 bits per heavy atom. The third kappa shape index (κ3) is 2.27. The molecule has 0 saturated carbocycles. The van der Waals surface area contributed by atoms with Gasteiger partial charge in [-0.1, -0.05) is 6.92 Å². The van der Waals surface area contributed by atoms with Crippen LogP contribution in [0, 0.1) is 5.41 Å². The van der Waals surface area contributed by atoms with Crippen molar-refractivity contribution >= 4 is 5.91 Å². The maximum atomic E-state index is 12.2. The predicted octanol–water partition coefficient (Wildman–Crippen LogP) is 1.24. The fraction of sp³-hybridized carbons (Fsp3) is 0.909. The number of carbonyl (C=O) groups excluding carboxylic acids is 1. The average Bonchev–Trinajstić information content (AvgIpc) is 2.16. The van der Waals surface area contributed by atoms with Crippen molar-refractivity contribution in [3.8, 4) is 0 Å². The monoisotopic (exact) mass is 198 g/mol. The molecule has 0 aromatic heterocycles. The molecule has 1 saturated heterocycles. The molecule has 1 N–H and O–H groups in total. The first-order valence-corrected chi connectivity index (χ1v) is 5.45. The Morgan fingerprint density at radius 2 is 1.86 bits per heavy atom. The van der Waals surface area contributed by atoms with Crippen LogP contribution in [0.5, 0.6) is 0 Å². The molecule has 1 aliphatic heterocycles. The van der Waals surface area contributed by atoms with E-state index < -0.39 is 0 Å². The van der Waals surface area contributed by atoms with Crippen LogP contribution in [0.3, 0.4) is 0 Å². The van der Waals surface area contributed by atoms with Gasteiger partial charge < -0.3 is 10.2 Å². The van der Waals surface area contributed by atoms with E-state index >= 15 is 0 Å². The van der Waals surface area contributed by atoms with E-state index in [2.05, 4.69) is 26.1 Å². The number of nitrogens with zero attached hydrogens (tertiary/aromatic N) is 1. The molecule has 3 nitrogen and oxygen atoms in total. The Morgan fingerprint density at radius 1 is 1.36 bits per heavy atom. The Labute approximate surface area is 86.9 Å². The minimum absolute atomic E-state index is 0.135. The van der Waals surface area contributed by atoms with Crippen LogP contribution in [0.15, 0.2) is 0 Å². The number of hydrogen-bond acceptors (Lipinski definition) is 2. The van der Waals surface area contributed by atoms with Gasteiger partial charge in [-0.2, -0.15) is 0 Å². The van der Waals surface area contributed by atoms with E-state index in [1.54, 1.807) is 0 Å². The van der Waals surface area contributed by atoms with E-state index in [4.69, 9.17) is 0 Å². The lowest BCUT2D eigenvalue weighted by Crippen LogP contribution is -2.48. The zero-order chi connectivity index (χ0) is 10.8. The zero-order valence-electron chi connectivity index (χ0n) is 9.76. The molecule has 14 heavy (non-hydrogen) atoms. The molecule has 1 heterocycles. The van der Waals surface area contributed by atoms with Crippen LogP contribution in [0.25, 0.3) is 0 Å². The van der Waals surface area contributed by atoms with Gasteiger partial charge in [0.1, 0.15) is 0 Å². The van der Waals surface area contributed by atoms with Gasteiger partial charge in [0.25, 0.3) is 0 Å². The molecule has 0 spiro atoms. The van der Waals surface area contributed by atoms with E-state index in [0.717, 1.165) is 25.9 Å². The summed E-state index contributed by atoms with van der Waals surface area (Å²) >= 11 is 0. The van der Waals surface area contributed by atoms with Gasteiger partial charge in [0, 0.05) is 18.5 Å². The van der Waals surface area contributed by atoms with E-state index in [1.165, 1.54) is 0 Å². The summed E-state index contributed by atoms with van der Waals surface area (Å²) in [6, 6.07) is 0.300. The van der Waals surface area contributed by atoms with Gasteiger partial charge in [0.15, 0.2) is 0 Å². The van der Waals surface area contributed by atoms with Crippen molar-refractivity contribution in [3.63, 3.8) is 0 Å². The Balaban J connectivity index is 2.66. The normalized spacial score (nSPS) is 20.9. The summed E-state index contributed by atoms with van der Waals surface area (Å²) in [6.07, 6.45) is 1.92. The minimum atomic E-state index is -0.135. The standard InChI is InChI=1S/C11H22N2O/c1-9(2)13(4)10(14)11(3)5-7-12-8-6-11/h9,12H,5-8H2,1-4H3. The van der Waals surface area contributed by atoms with Crippen LogP contribution in [-0.2, 0) is 4.79 Å². The summed E-state index contributed by atoms with van der Waals surface area (Å²) in [6.45, 7) is 8.14. The summed E-state index contributed by atoms with van der Waals surface area (Å²) in [5.41, 5.74) is -0.135. The van der Waals surface area contributed by atoms with Gasteiger partial charge in [-0.05, 0) is 39.8 Å². The van der Waals surface area contributed by atoms with Crippen molar-refractivity contribution in [1.82, 2.24) is 10.2 Å². The lowest BCUT2D eigenvalue weighted by molar-refractivity contribution is -0.142. The number of carbonyl (C=O) groups is 1. The van der Waals surface area contributed by atoms with Gasteiger partial charge in [-0.25, -0.2) is 0 Å². The third-order valence-electron chi connectivity index (χ3n) is 3.32. The molecule has 0 atom stereocenters. The van der Waals surface area contributed by atoms with Crippen molar-refractivity contribution in [3.05, 3.63) is 0 Å². The minimum Gasteiger partial charge on any atom is -0.343 e. The van der Waals surface area contributed by atoms with Crippen LogP contribution in [0.2, 0.25) is 0 Å². The van der Waals surface area contributed by atoms with Gasteiger partial charge >= 0.3 is 0 Å². The maximum Gasteiger partial charge on any atom is 0.228 e. The van der Waals surface area contributed by atoms with E-state index in [1.807, 2.05) is 11.9 Å². The molecule has 0 radical (unpaired) electrons. The predicted molar refractivity (Wildman–Crippen MR) is 58.1 cm³/mol. The first kappa shape index (κ1) is 11.5. The smallest absolute Gasteiger partial charge is 0.228 e. The molecule has 0 aromatic rings. The van der Waals surface area contributed by atoms with Gasteiger partial charge in [0.2, 0.25) is 5.91 Å². The second-order valence-corrected chi connectivity index (χ2v) is 4.82. The van der Waals surface area contributed by atoms with Crippen LogP contribution >= 0.6 is 0 Å². The molecular weight excluding hydrogens is 176 g/mol. The van der Waals surface area contributed by atoms with Crippen molar-refractivity contribution in [2.24, 2.45) is 5.41 Å². The number of piperidine rings is 1. The van der Waals surface area contributed by atoms with E-state index in [9.17, 15) is 4.79 Å².